The van der Waals surface area contributed by atoms with Crippen LogP contribution in [-0.2, 0) is 14.2 Å². The van der Waals surface area contributed by atoms with E-state index < -0.39 is 11.9 Å². The van der Waals surface area contributed by atoms with Crippen molar-refractivity contribution in [3.8, 4) is 0 Å². The minimum Gasteiger partial charge on any atom is -0.453 e. The molecule has 82 valence electrons. The molecule has 1 aliphatic heterocycles. The molecular formula is C9H17NO4. The molecule has 5 nitrogen and oxygen atoms in total. The highest BCUT2D eigenvalue weighted by atomic mass is 16.7. The number of nitrogens with one attached hydrogen (secondary N) is 1. The van der Waals surface area contributed by atoms with Gasteiger partial charge in [0.05, 0.1) is 19.8 Å². The van der Waals surface area contributed by atoms with Gasteiger partial charge in [-0.05, 0) is 20.8 Å². The zero-order chi connectivity index (χ0) is 10.8. The first-order valence-electron chi connectivity index (χ1n) is 4.61. The molecule has 5 heteroatoms. The average Bonchev–Trinajstić information content (AvgIpc) is 2.46. The number of carbonyl (C=O) groups is 1. The van der Waals surface area contributed by atoms with Crippen molar-refractivity contribution >= 4 is 6.09 Å². The summed E-state index contributed by atoms with van der Waals surface area (Å²) in [6, 6.07) is -0.121. The van der Waals surface area contributed by atoms with E-state index in [1.807, 2.05) is 20.8 Å². The second kappa shape index (κ2) is 4.14. The van der Waals surface area contributed by atoms with E-state index in [1.165, 1.54) is 7.11 Å². The summed E-state index contributed by atoms with van der Waals surface area (Å²) in [5, 5.41) is 2.64. The molecule has 0 spiro atoms. The van der Waals surface area contributed by atoms with E-state index in [0.29, 0.717) is 6.61 Å². The molecule has 1 saturated heterocycles. The highest BCUT2D eigenvalue weighted by Crippen LogP contribution is 2.23. The van der Waals surface area contributed by atoms with Gasteiger partial charge in [-0.3, -0.25) is 0 Å². The molecule has 0 radical (unpaired) electrons. The Morgan fingerprint density at radius 3 is 2.71 bits per heavy atom. The molecule has 1 rings (SSSR count). The fourth-order valence-electron chi connectivity index (χ4n) is 1.30. The van der Waals surface area contributed by atoms with Gasteiger partial charge >= 0.3 is 6.09 Å². The Morgan fingerprint density at radius 2 is 2.29 bits per heavy atom. The SMILES string of the molecule is COC(=O)NC(C)[C@H]1COC(C)(C)O1. The van der Waals surface area contributed by atoms with Gasteiger partial charge in [0, 0.05) is 0 Å². The van der Waals surface area contributed by atoms with E-state index in [9.17, 15) is 4.79 Å². The van der Waals surface area contributed by atoms with Crippen molar-refractivity contribution in [2.24, 2.45) is 0 Å². The number of alkyl carbamates (subject to hydrolysis) is 1. The Bertz CT molecular complexity index is 217. The summed E-state index contributed by atoms with van der Waals surface area (Å²) in [7, 11) is 1.33. The van der Waals surface area contributed by atoms with Crippen molar-refractivity contribution in [1.29, 1.82) is 0 Å². The number of carbonyl (C=O) groups excluding carboxylic acids is 1. The Morgan fingerprint density at radius 1 is 1.64 bits per heavy atom. The van der Waals surface area contributed by atoms with Crippen molar-refractivity contribution < 1.29 is 19.0 Å². The minimum absolute atomic E-state index is 0.121. The molecule has 0 aromatic carbocycles. The Balaban J connectivity index is 2.39. The van der Waals surface area contributed by atoms with Gasteiger partial charge in [0.1, 0.15) is 6.10 Å². The van der Waals surface area contributed by atoms with Gasteiger partial charge in [-0.15, -0.1) is 0 Å². The van der Waals surface area contributed by atoms with Crippen molar-refractivity contribution in [3.05, 3.63) is 0 Å². The molecule has 1 aliphatic rings. The topological polar surface area (TPSA) is 56.8 Å². The van der Waals surface area contributed by atoms with Crippen LogP contribution in [0.2, 0.25) is 0 Å². The lowest BCUT2D eigenvalue weighted by Crippen LogP contribution is -2.42. The number of hydrogen-bond donors (Lipinski definition) is 1. The number of amides is 1. The Labute approximate surface area is 83.7 Å². The zero-order valence-corrected chi connectivity index (χ0v) is 8.99. The molecular weight excluding hydrogens is 186 g/mol. The van der Waals surface area contributed by atoms with Crippen LogP contribution in [-0.4, -0.2) is 37.7 Å². The summed E-state index contributed by atoms with van der Waals surface area (Å²) < 4.78 is 15.4. The molecule has 0 aromatic heterocycles. The number of hydrogen-bond acceptors (Lipinski definition) is 4. The van der Waals surface area contributed by atoms with Gasteiger partial charge in [0.15, 0.2) is 5.79 Å². The lowest BCUT2D eigenvalue weighted by molar-refractivity contribution is -0.140. The number of rotatable bonds is 2. The highest BCUT2D eigenvalue weighted by molar-refractivity contribution is 5.67. The standard InChI is InChI=1S/C9H17NO4/c1-6(10-8(11)12-4)7-5-13-9(2,3)14-7/h6-7H,5H2,1-4H3,(H,10,11)/t6?,7-/m1/s1. The van der Waals surface area contributed by atoms with E-state index >= 15 is 0 Å². The lowest BCUT2D eigenvalue weighted by atomic mass is 10.2. The van der Waals surface area contributed by atoms with Crippen molar-refractivity contribution in [3.63, 3.8) is 0 Å². The summed E-state index contributed by atoms with van der Waals surface area (Å²) in [4.78, 5) is 10.9. The summed E-state index contributed by atoms with van der Waals surface area (Å²) in [5.74, 6) is -0.559. The van der Waals surface area contributed by atoms with Gasteiger partial charge in [0.25, 0.3) is 0 Å². The van der Waals surface area contributed by atoms with Crippen LogP contribution in [0.5, 0.6) is 0 Å². The van der Waals surface area contributed by atoms with Gasteiger partial charge in [-0.1, -0.05) is 0 Å². The van der Waals surface area contributed by atoms with Crippen LogP contribution in [0.1, 0.15) is 20.8 Å². The van der Waals surface area contributed by atoms with E-state index in [2.05, 4.69) is 10.1 Å². The normalized spacial score (nSPS) is 27.0. The molecule has 0 bridgehead atoms. The van der Waals surface area contributed by atoms with Crippen LogP contribution < -0.4 is 5.32 Å². The number of methoxy groups -OCH3 is 1. The largest absolute Gasteiger partial charge is 0.453 e. The summed E-state index contributed by atoms with van der Waals surface area (Å²) >= 11 is 0. The highest BCUT2D eigenvalue weighted by Gasteiger charge is 2.36. The molecule has 0 aliphatic carbocycles. The van der Waals surface area contributed by atoms with E-state index in [1.54, 1.807) is 0 Å². The van der Waals surface area contributed by atoms with Crippen LogP contribution in [0.15, 0.2) is 0 Å². The maximum absolute atomic E-state index is 10.9. The molecule has 1 amide bonds. The average molecular weight is 203 g/mol. The second-order valence-corrected chi connectivity index (χ2v) is 3.79. The fraction of sp³-hybridized carbons (Fsp3) is 0.889. The Hall–Kier alpha value is -0.810. The van der Waals surface area contributed by atoms with E-state index in [0.717, 1.165) is 0 Å². The lowest BCUT2D eigenvalue weighted by Gasteiger charge is -2.21. The minimum atomic E-state index is -0.559. The zero-order valence-electron chi connectivity index (χ0n) is 8.99. The van der Waals surface area contributed by atoms with Gasteiger partial charge in [0.2, 0.25) is 0 Å². The predicted molar refractivity (Wildman–Crippen MR) is 49.9 cm³/mol. The molecule has 1 fully saturated rings. The van der Waals surface area contributed by atoms with Crippen LogP contribution in [0, 0.1) is 0 Å². The van der Waals surface area contributed by atoms with E-state index in [4.69, 9.17) is 9.47 Å². The predicted octanol–water partition coefficient (Wildman–Crippen LogP) is 0.882. The van der Waals surface area contributed by atoms with Crippen molar-refractivity contribution in [2.45, 2.75) is 38.7 Å². The number of ether oxygens (including phenoxy) is 3. The quantitative estimate of drug-likeness (QED) is 0.724. The first-order chi connectivity index (χ1) is 6.44. The maximum atomic E-state index is 10.9. The van der Waals surface area contributed by atoms with Gasteiger partial charge in [-0.25, -0.2) is 4.79 Å². The summed E-state index contributed by atoms with van der Waals surface area (Å²) in [5.41, 5.74) is 0. The third-order valence-electron chi connectivity index (χ3n) is 2.12. The third-order valence-corrected chi connectivity index (χ3v) is 2.12. The third kappa shape index (κ3) is 2.85. The van der Waals surface area contributed by atoms with Crippen LogP contribution in [0.3, 0.4) is 0 Å². The summed E-state index contributed by atoms with van der Waals surface area (Å²) in [6.07, 6.45) is -0.574. The first-order valence-corrected chi connectivity index (χ1v) is 4.61. The molecule has 1 unspecified atom stereocenters. The smallest absolute Gasteiger partial charge is 0.407 e. The molecule has 0 aromatic rings. The molecule has 2 atom stereocenters. The van der Waals surface area contributed by atoms with Crippen LogP contribution in [0.25, 0.3) is 0 Å². The maximum Gasteiger partial charge on any atom is 0.407 e. The van der Waals surface area contributed by atoms with Crippen LogP contribution in [0.4, 0.5) is 4.79 Å². The molecule has 1 heterocycles. The molecule has 0 saturated carbocycles. The molecule has 1 N–H and O–H groups in total. The van der Waals surface area contributed by atoms with Crippen molar-refractivity contribution in [1.82, 2.24) is 5.32 Å². The van der Waals surface area contributed by atoms with E-state index in [-0.39, 0.29) is 12.1 Å². The van der Waals surface area contributed by atoms with Gasteiger partial charge < -0.3 is 19.5 Å². The van der Waals surface area contributed by atoms with Crippen molar-refractivity contribution in [2.75, 3.05) is 13.7 Å². The second-order valence-electron chi connectivity index (χ2n) is 3.79. The van der Waals surface area contributed by atoms with Crippen LogP contribution >= 0.6 is 0 Å². The molecule has 14 heavy (non-hydrogen) atoms. The first kappa shape index (κ1) is 11.3. The Kier molecular flexibility index (Phi) is 3.34. The fourth-order valence-corrected chi connectivity index (χ4v) is 1.30. The summed E-state index contributed by atoms with van der Waals surface area (Å²) in [6.45, 7) is 6.03. The van der Waals surface area contributed by atoms with Gasteiger partial charge in [-0.2, -0.15) is 0 Å². The monoisotopic (exact) mass is 203 g/mol.